The quantitative estimate of drug-likeness (QED) is 0.296. The van der Waals surface area contributed by atoms with Crippen molar-refractivity contribution < 1.29 is 39.5 Å². The lowest BCUT2D eigenvalue weighted by Gasteiger charge is -2.31. The molecule has 8 heteroatoms. The minimum Gasteiger partial charge on any atom is -0.427 e. The van der Waals surface area contributed by atoms with Gasteiger partial charge < -0.3 is 29.9 Å². The van der Waals surface area contributed by atoms with Crippen molar-refractivity contribution in [2.75, 3.05) is 0 Å². The molecule has 30 heavy (non-hydrogen) atoms. The standard InChI is InChI=1S/C22H34O8/c1-5-10-17(23)21(27,7-3)29-19(25)15-12-9-13-16(14-15)20(26)30-22(28,8-4)18(24)11-6-2/h9,12-14,17-18,23-24,27-28H,5-8,10-11H2,1-4H3. The molecule has 1 rings (SSSR count). The highest BCUT2D eigenvalue weighted by molar-refractivity contribution is 5.95. The van der Waals surface area contributed by atoms with Crippen LogP contribution < -0.4 is 0 Å². The summed E-state index contributed by atoms with van der Waals surface area (Å²) in [5.41, 5.74) is -0.0664. The Morgan fingerprint density at radius 3 is 1.50 bits per heavy atom. The molecule has 1 aromatic carbocycles. The van der Waals surface area contributed by atoms with Crippen molar-refractivity contribution in [3.05, 3.63) is 35.4 Å². The Morgan fingerprint density at radius 1 is 0.833 bits per heavy atom. The zero-order chi connectivity index (χ0) is 22.9. The monoisotopic (exact) mass is 426 g/mol. The van der Waals surface area contributed by atoms with Crippen LogP contribution in [0.4, 0.5) is 0 Å². The van der Waals surface area contributed by atoms with E-state index in [0.29, 0.717) is 12.8 Å². The van der Waals surface area contributed by atoms with Gasteiger partial charge in [0.25, 0.3) is 0 Å². The van der Waals surface area contributed by atoms with Crippen molar-refractivity contribution in [2.24, 2.45) is 0 Å². The fourth-order valence-electron chi connectivity index (χ4n) is 2.96. The molecule has 4 atom stereocenters. The number of benzene rings is 1. The summed E-state index contributed by atoms with van der Waals surface area (Å²) in [6.07, 6.45) is -0.840. The Labute approximate surface area is 177 Å². The minimum absolute atomic E-state index is 0.0134. The molecule has 0 saturated heterocycles. The third-order valence-electron chi connectivity index (χ3n) is 5.05. The lowest BCUT2D eigenvalue weighted by Crippen LogP contribution is -2.46. The molecule has 0 fully saturated rings. The molecule has 0 radical (unpaired) electrons. The average molecular weight is 427 g/mol. The lowest BCUT2D eigenvalue weighted by molar-refractivity contribution is -0.227. The van der Waals surface area contributed by atoms with Crippen molar-refractivity contribution in [3.8, 4) is 0 Å². The van der Waals surface area contributed by atoms with E-state index in [1.54, 1.807) is 13.8 Å². The van der Waals surface area contributed by atoms with Crippen LogP contribution in [0, 0.1) is 0 Å². The van der Waals surface area contributed by atoms with Gasteiger partial charge in [0.2, 0.25) is 11.6 Å². The van der Waals surface area contributed by atoms with Gasteiger partial charge in [-0.05, 0) is 31.0 Å². The van der Waals surface area contributed by atoms with Crippen molar-refractivity contribution >= 4 is 11.9 Å². The van der Waals surface area contributed by atoms with E-state index in [0.717, 1.165) is 0 Å². The molecular weight excluding hydrogens is 392 g/mol. The topological polar surface area (TPSA) is 134 Å². The molecule has 0 heterocycles. The lowest BCUT2D eigenvalue weighted by atomic mass is 10.0. The third kappa shape index (κ3) is 6.50. The minimum atomic E-state index is -2.05. The van der Waals surface area contributed by atoms with Crippen molar-refractivity contribution in [2.45, 2.75) is 90.0 Å². The summed E-state index contributed by atoms with van der Waals surface area (Å²) < 4.78 is 10.3. The Morgan fingerprint density at radius 2 is 1.20 bits per heavy atom. The maximum atomic E-state index is 12.5. The largest absolute Gasteiger partial charge is 0.427 e. The van der Waals surface area contributed by atoms with Gasteiger partial charge >= 0.3 is 11.9 Å². The van der Waals surface area contributed by atoms with Crippen LogP contribution in [0.15, 0.2) is 24.3 Å². The average Bonchev–Trinajstić information content (AvgIpc) is 2.73. The molecule has 4 N–H and O–H groups in total. The first-order valence-corrected chi connectivity index (χ1v) is 10.4. The Balaban J connectivity index is 3.01. The van der Waals surface area contributed by atoms with E-state index in [4.69, 9.17) is 9.47 Å². The molecule has 0 spiro atoms. The smallest absolute Gasteiger partial charge is 0.340 e. The normalized spacial score (nSPS) is 17.3. The molecule has 8 nitrogen and oxygen atoms in total. The zero-order valence-corrected chi connectivity index (χ0v) is 18.1. The summed E-state index contributed by atoms with van der Waals surface area (Å²) >= 11 is 0. The summed E-state index contributed by atoms with van der Waals surface area (Å²) in [6.45, 7) is 6.80. The van der Waals surface area contributed by atoms with E-state index < -0.39 is 35.7 Å². The van der Waals surface area contributed by atoms with Crippen LogP contribution in [-0.2, 0) is 9.47 Å². The molecular formula is C22H34O8. The van der Waals surface area contributed by atoms with Gasteiger partial charge in [0.05, 0.1) is 11.1 Å². The number of ether oxygens (including phenoxy) is 2. The van der Waals surface area contributed by atoms with E-state index >= 15 is 0 Å². The molecule has 0 aliphatic heterocycles. The van der Waals surface area contributed by atoms with Gasteiger partial charge in [-0.15, -0.1) is 0 Å². The molecule has 0 aliphatic rings. The fourth-order valence-corrected chi connectivity index (χ4v) is 2.96. The predicted molar refractivity (Wildman–Crippen MR) is 110 cm³/mol. The summed E-state index contributed by atoms with van der Waals surface area (Å²) in [5.74, 6) is -5.92. The van der Waals surface area contributed by atoms with Crippen molar-refractivity contribution in [1.82, 2.24) is 0 Å². The van der Waals surface area contributed by atoms with Crippen LogP contribution >= 0.6 is 0 Å². The molecule has 0 aromatic heterocycles. The first-order valence-electron chi connectivity index (χ1n) is 10.4. The first-order chi connectivity index (χ1) is 14.1. The Bertz CT molecular complexity index is 651. The second-order valence-electron chi connectivity index (χ2n) is 7.37. The molecule has 4 unspecified atom stereocenters. The molecule has 0 aliphatic carbocycles. The molecule has 1 aromatic rings. The highest BCUT2D eigenvalue weighted by Gasteiger charge is 2.39. The number of rotatable bonds is 12. The third-order valence-corrected chi connectivity index (χ3v) is 5.05. The second-order valence-corrected chi connectivity index (χ2v) is 7.37. The van der Waals surface area contributed by atoms with E-state index in [9.17, 15) is 30.0 Å². The predicted octanol–water partition coefficient (Wildman–Crippen LogP) is 2.52. The second kappa shape index (κ2) is 11.4. The highest BCUT2D eigenvalue weighted by Crippen LogP contribution is 2.25. The highest BCUT2D eigenvalue weighted by atomic mass is 16.7. The number of hydrogen-bond acceptors (Lipinski definition) is 8. The van der Waals surface area contributed by atoms with Gasteiger partial charge in [-0.3, -0.25) is 0 Å². The number of carbonyl (C=O) groups excluding carboxylic acids is 2. The van der Waals surface area contributed by atoms with Crippen LogP contribution in [0.1, 0.15) is 86.9 Å². The molecule has 0 amide bonds. The summed E-state index contributed by atoms with van der Waals surface area (Å²) in [4.78, 5) is 25.0. The Hall–Kier alpha value is -2.00. The maximum Gasteiger partial charge on any atom is 0.340 e. The molecule has 0 saturated carbocycles. The summed E-state index contributed by atoms with van der Waals surface area (Å²) in [5, 5.41) is 41.2. The van der Waals surface area contributed by atoms with Crippen molar-refractivity contribution in [1.29, 1.82) is 0 Å². The van der Waals surface area contributed by atoms with Gasteiger partial charge in [0.1, 0.15) is 12.2 Å². The summed E-state index contributed by atoms with van der Waals surface area (Å²) in [7, 11) is 0. The molecule has 0 bridgehead atoms. The first kappa shape index (κ1) is 26.0. The number of hydrogen-bond donors (Lipinski definition) is 4. The van der Waals surface area contributed by atoms with Crippen LogP contribution in [0.3, 0.4) is 0 Å². The summed E-state index contributed by atoms with van der Waals surface area (Å²) in [6, 6.07) is 5.40. The maximum absolute atomic E-state index is 12.5. The van der Waals surface area contributed by atoms with E-state index in [1.165, 1.54) is 24.3 Å². The number of aliphatic hydroxyl groups excluding tert-OH is 2. The molecule has 170 valence electrons. The fraction of sp³-hybridized carbons (Fsp3) is 0.636. The number of carbonyl (C=O) groups is 2. The van der Waals surface area contributed by atoms with Gasteiger partial charge in [-0.1, -0.05) is 46.6 Å². The van der Waals surface area contributed by atoms with Crippen LogP contribution in [0.25, 0.3) is 0 Å². The van der Waals surface area contributed by atoms with E-state index in [1.807, 2.05) is 13.8 Å². The van der Waals surface area contributed by atoms with Gasteiger partial charge in [-0.2, -0.15) is 0 Å². The van der Waals surface area contributed by atoms with E-state index in [-0.39, 0.29) is 36.8 Å². The SMILES string of the molecule is CCCC(O)C(O)(CC)OC(=O)c1cccc(C(=O)OC(O)(CC)C(O)CCC)c1. The zero-order valence-electron chi connectivity index (χ0n) is 18.1. The number of esters is 2. The van der Waals surface area contributed by atoms with E-state index in [2.05, 4.69) is 0 Å². The van der Waals surface area contributed by atoms with Crippen LogP contribution in [-0.4, -0.2) is 56.1 Å². The Kier molecular flexibility index (Phi) is 9.90. The van der Waals surface area contributed by atoms with Gasteiger partial charge in [-0.25, -0.2) is 9.59 Å². The van der Waals surface area contributed by atoms with Crippen LogP contribution in [0.5, 0.6) is 0 Å². The van der Waals surface area contributed by atoms with Gasteiger partial charge in [0, 0.05) is 12.8 Å². The van der Waals surface area contributed by atoms with Crippen LogP contribution in [0.2, 0.25) is 0 Å². The van der Waals surface area contributed by atoms with Crippen molar-refractivity contribution in [3.63, 3.8) is 0 Å². The number of aliphatic hydroxyl groups is 4. The van der Waals surface area contributed by atoms with Gasteiger partial charge in [0.15, 0.2) is 0 Å².